The molecule has 1 aromatic rings. The maximum absolute atomic E-state index is 12.7. The molecular weight excluding hydrogens is 370 g/mol. The van der Waals surface area contributed by atoms with E-state index in [0.717, 1.165) is 0 Å². The Hall–Kier alpha value is -1.97. The molecule has 27 heavy (non-hydrogen) atoms. The third kappa shape index (κ3) is 5.75. The Morgan fingerprint density at radius 3 is 2.44 bits per heavy atom. The van der Waals surface area contributed by atoms with Gasteiger partial charge in [0.25, 0.3) is 5.91 Å². The van der Waals surface area contributed by atoms with Crippen LogP contribution in [0.15, 0.2) is 29.2 Å². The van der Waals surface area contributed by atoms with E-state index in [1.165, 1.54) is 34.5 Å². The van der Waals surface area contributed by atoms with Gasteiger partial charge >= 0.3 is 0 Å². The molecule has 8 nitrogen and oxygen atoms in total. The van der Waals surface area contributed by atoms with Crippen LogP contribution in [-0.2, 0) is 19.6 Å². The number of carbonyl (C=O) groups is 2. The first-order chi connectivity index (χ1) is 12.5. The van der Waals surface area contributed by atoms with Gasteiger partial charge in [0.1, 0.15) is 0 Å². The summed E-state index contributed by atoms with van der Waals surface area (Å²) in [4.78, 5) is 26.0. The summed E-state index contributed by atoms with van der Waals surface area (Å²) in [5.74, 6) is -0.700. The lowest BCUT2D eigenvalue weighted by Crippen LogP contribution is -2.46. The summed E-state index contributed by atoms with van der Waals surface area (Å²) in [6, 6.07) is 5.89. The third-order valence-electron chi connectivity index (χ3n) is 3.93. The van der Waals surface area contributed by atoms with Crippen LogP contribution in [0.4, 0.5) is 0 Å². The number of benzene rings is 1. The fraction of sp³-hybridized carbons (Fsp3) is 0.556. The fourth-order valence-corrected chi connectivity index (χ4v) is 4.15. The van der Waals surface area contributed by atoms with E-state index in [9.17, 15) is 18.0 Å². The van der Waals surface area contributed by atoms with Gasteiger partial charge in [0, 0.05) is 31.2 Å². The lowest BCUT2D eigenvalue weighted by molar-refractivity contribution is -0.122. The normalized spacial score (nSPS) is 16.0. The van der Waals surface area contributed by atoms with Crippen LogP contribution >= 0.6 is 0 Å². The topological polar surface area (TPSA) is 96.0 Å². The largest absolute Gasteiger partial charge is 0.379 e. The minimum absolute atomic E-state index is 0.0581. The number of nitrogens with one attached hydrogen (secondary N) is 1. The first-order valence-electron chi connectivity index (χ1n) is 8.75. The highest BCUT2D eigenvalue weighted by Crippen LogP contribution is 2.19. The second-order valence-electron chi connectivity index (χ2n) is 7.50. The zero-order valence-corrected chi connectivity index (χ0v) is 17.0. The molecule has 0 unspecified atom stereocenters. The highest BCUT2D eigenvalue weighted by atomic mass is 32.2. The molecule has 1 aromatic carbocycles. The standard InChI is InChI=1S/C18H27N3O5S/c1-18(2,3)19-16(22)13-20(4)17(23)14-6-5-7-15(12-14)27(24,25)21-8-10-26-11-9-21/h5-7,12H,8-11,13H2,1-4H3,(H,19,22). The van der Waals surface area contributed by atoms with Crippen LogP contribution in [-0.4, -0.2) is 74.9 Å². The molecule has 1 N–H and O–H groups in total. The third-order valence-corrected chi connectivity index (χ3v) is 5.83. The van der Waals surface area contributed by atoms with Crippen molar-refractivity contribution in [3.05, 3.63) is 29.8 Å². The van der Waals surface area contributed by atoms with Crippen LogP contribution in [0.2, 0.25) is 0 Å². The number of hydrogen-bond donors (Lipinski definition) is 1. The maximum Gasteiger partial charge on any atom is 0.254 e. The summed E-state index contributed by atoms with van der Waals surface area (Å²) in [6.45, 7) is 6.72. The monoisotopic (exact) mass is 397 g/mol. The Bertz CT molecular complexity index is 795. The van der Waals surface area contributed by atoms with Crippen molar-refractivity contribution in [2.45, 2.75) is 31.2 Å². The van der Waals surface area contributed by atoms with Gasteiger partial charge in [-0.25, -0.2) is 8.42 Å². The number of sulfonamides is 1. The average Bonchev–Trinajstić information content (AvgIpc) is 2.60. The van der Waals surface area contributed by atoms with Gasteiger partial charge in [-0.2, -0.15) is 4.31 Å². The second kappa shape index (κ2) is 8.37. The molecule has 0 aromatic heterocycles. The molecule has 9 heteroatoms. The van der Waals surface area contributed by atoms with Crippen LogP contribution in [0.1, 0.15) is 31.1 Å². The molecule has 150 valence electrons. The summed E-state index contributed by atoms with van der Waals surface area (Å²) in [5.41, 5.74) is -0.178. The summed E-state index contributed by atoms with van der Waals surface area (Å²) in [6.07, 6.45) is 0. The van der Waals surface area contributed by atoms with Gasteiger partial charge < -0.3 is 15.0 Å². The molecule has 0 bridgehead atoms. The summed E-state index contributed by atoms with van der Waals surface area (Å²) >= 11 is 0. The molecule has 0 saturated carbocycles. The van der Waals surface area contributed by atoms with E-state index in [1.807, 2.05) is 20.8 Å². The van der Waals surface area contributed by atoms with Gasteiger partial charge in [-0.3, -0.25) is 9.59 Å². The number of amides is 2. The number of ether oxygens (including phenoxy) is 1. The molecule has 1 aliphatic rings. The van der Waals surface area contributed by atoms with E-state index in [4.69, 9.17) is 4.74 Å². The van der Waals surface area contributed by atoms with E-state index in [-0.39, 0.29) is 36.0 Å². The number of carbonyl (C=O) groups excluding carboxylic acids is 2. The van der Waals surface area contributed by atoms with E-state index >= 15 is 0 Å². The summed E-state index contributed by atoms with van der Waals surface area (Å²) in [7, 11) is -2.18. The molecular formula is C18H27N3O5S. The molecule has 0 aliphatic carbocycles. The molecule has 0 atom stereocenters. The number of likely N-dealkylation sites (N-methyl/N-ethyl adjacent to an activating group) is 1. The highest BCUT2D eigenvalue weighted by molar-refractivity contribution is 7.89. The SMILES string of the molecule is CN(CC(=O)NC(C)(C)C)C(=O)c1cccc(S(=O)(=O)N2CCOCC2)c1. The molecule has 1 aliphatic heterocycles. The Kier molecular flexibility index (Phi) is 6.61. The van der Waals surface area contributed by atoms with Crippen molar-refractivity contribution in [3.8, 4) is 0 Å². The minimum atomic E-state index is -3.69. The molecule has 2 rings (SSSR count). The number of hydrogen-bond acceptors (Lipinski definition) is 5. The highest BCUT2D eigenvalue weighted by Gasteiger charge is 2.27. The Balaban J connectivity index is 2.14. The second-order valence-corrected chi connectivity index (χ2v) is 9.44. The van der Waals surface area contributed by atoms with Crippen LogP contribution in [0.3, 0.4) is 0 Å². The fourth-order valence-electron chi connectivity index (χ4n) is 2.69. The molecule has 0 radical (unpaired) electrons. The average molecular weight is 397 g/mol. The number of morpholine rings is 1. The van der Waals surface area contributed by atoms with Gasteiger partial charge in [-0.15, -0.1) is 0 Å². The van der Waals surface area contributed by atoms with Crippen LogP contribution in [0.5, 0.6) is 0 Å². The zero-order valence-electron chi connectivity index (χ0n) is 16.2. The van der Waals surface area contributed by atoms with Crippen molar-refractivity contribution in [1.29, 1.82) is 0 Å². The zero-order chi connectivity index (χ0) is 20.2. The Morgan fingerprint density at radius 1 is 1.22 bits per heavy atom. The van der Waals surface area contributed by atoms with Crippen molar-refractivity contribution in [2.24, 2.45) is 0 Å². The lowest BCUT2D eigenvalue weighted by Gasteiger charge is -2.26. The Morgan fingerprint density at radius 2 is 1.85 bits per heavy atom. The Labute approximate surface area is 160 Å². The van der Waals surface area contributed by atoms with E-state index in [1.54, 1.807) is 6.07 Å². The molecule has 1 heterocycles. The quantitative estimate of drug-likeness (QED) is 0.789. The molecule has 1 fully saturated rings. The van der Waals surface area contributed by atoms with E-state index in [0.29, 0.717) is 13.2 Å². The molecule has 2 amide bonds. The van der Waals surface area contributed by atoms with Crippen molar-refractivity contribution in [1.82, 2.24) is 14.5 Å². The first kappa shape index (κ1) is 21.3. The van der Waals surface area contributed by atoms with Crippen LogP contribution in [0, 0.1) is 0 Å². The van der Waals surface area contributed by atoms with Crippen molar-refractivity contribution >= 4 is 21.8 Å². The smallest absolute Gasteiger partial charge is 0.254 e. The van der Waals surface area contributed by atoms with Crippen molar-refractivity contribution in [3.63, 3.8) is 0 Å². The van der Waals surface area contributed by atoms with Gasteiger partial charge in [0.05, 0.1) is 24.7 Å². The van der Waals surface area contributed by atoms with Gasteiger partial charge in [0.2, 0.25) is 15.9 Å². The van der Waals surface area contributed by atoms with Gasteiger partial charge in [-0.05, 0) is 39.0 Å². The molecule has 0 spiro atoms. The van der Waals surface area contributed by atoms with E-state index in [2.05, 4.69) is 5.32 Å². The maximum atomic E-state index is 12.7. The molecule has 1 saturated heterocycles. The number of nitrogens with zero attached hydrogens (tertiary/aromatic N) is 2. The predicted octanol–water partition coefficient (Wildman–Crippen LogP) is 0.694. The van der Waals surface area contributed by atoms with Gasteiger partial charge in [-0.1, -0.05) is 6.07 Å². The predicted molar refractivity (Wildman–Crippen MR) is 101 cm³/mol. The van der Waals surface area contributed by atoms with E-state index < -0.39 is 21.5 Å². The summed E-state index contributed by atoms with van der Waals surface area (Å²) in [5, 5.41) is 2.79. The van der Waals surface area contributed by atoms with Crippen LogP contribution in [0.25, 0.3) is 0 Å². The van der Waals surface area contributed by atoms with Gasteiger partial charge in [0.15, 0.2) is 0 Å². The van der Waals surface area contributed by atoms with Crippen LogP contribution < -0.4 is 5.32 Å². The van der Waals surface area contributed by atoms with Crippen molar-refractivity contribution in [2.75, 3.05) is 39.9 Å². The minimum Gasteiger partial charge on any atom is -0.379 e. The number of rotatable bonds is 5. The summed E-state index contributed by atoms with van der Waals surface area (Å²) < 4.78 is 32.0. The first-order valence-corrected chi connectivity index (χ1v) is 10.2. The lowest BCUT2D eigenvalue weighted by atomic mass is 10.1. The van der Waals surface area contributed by atoms with Crippen molar-refractivity contribution < 1.29 is 22.7 Å².